The lowest BCUT2D eigenvalue weighted by atomic mass is 10.1. The molecule has 3 aromatic rings. The van der Waals surface area contributed by atoms with Crippen molar-refractivity contribution in [1.29, 1.82) is 0 Å². The molecule has 27 heavy (non-hydrogen) atoms. The van der Waals surface area contributed by atoms with Crippen molar-refractivity contribution in [1.82, 2.24) is 10.0 Å². The van der Waals surface area contributed by atoms with Crippen molar-refractivity contribution in [3.8, 4) is 0 Å². The van der Waals surface area contributed by atoms with E-state index in [0.717, 1.165) is 35.0 Å². The zero-order valence-corrected chi connectivity index (χ0v) is 16.0. The standard InChI is InChI=1S/C21H17Cl2N3O/c22-16-9-4-10-17(23)19(16)20-24-12-5-13-25(24)21(27)26(20)18-11-3-7-14-6-1-2-8-15(14)18/h1-4,6-11,20H,5,12-13H2. The summed E-state index contributed by atoms with van der Waals surface area (Å²) < 4.78 is 0. The molecule has 3 aromatic carbocycles. The molecule has 2 fully saturated rings. The molecule has 0 bridgehead atoms. The first-order valence-corrected chi connectivity index (χ1v) is 9.71. The molecule has 0 spiro atoms. The van der Waals surface area contributed by atoms with Crippen molar-refractivity contribution >= 4 is 45.7 Å². The molecule has 1 atom stereocenters. The first-order chi connectivity index (χ1) is 13.2. The second-order valence-corrected chi connectivity index (χ2v) is 7.61. The number of anilines is 1. The van der Waals surface area contributed by atoms with Crippen molar-refractivity contribution in [2.45, 2.75) is 12.6 Å². The lowest BCUT2D eigenvalue weighted by molar-refractivity contribution is 0.0728. The number of halogens is 2. The Kier molecular flexibility index (Phi) is 4.01. The average molecular weight is 398 g/mol. The summed E-state index contributed by atoms with van der Waals surface area (Å²) in [5.41, 5.74) is 1.64. The van der Waals surface area contributed by atoms with Gasteiger partial charge >= 0.3 is 6.03 Å². The van der Waals surface area contributed by atoms with Crippen LogP contribution in [0.25, 0.3) is 10.8 Å². The molecule has 136 valence electrons. The Morgan fingerprint density at radius 1 is 0.852 bits per heavy atom. The van der Waals surface area contributed by atoms with Gasteiger partial charge in [-0.15, -0.1) is 0 Å². The van der Waals surface area contributed by atoms with Gasteiger partial charge in [0.25, 0.3) is 0 Å². The Bertz CT molecular complexity index is 1030. The topological polar surface area (TPSA) is 26.8 Å². The fourth-order valence-corrected chi connectivity index (χ4v) is 4.74. The fourth-order valence-electron chi connectivity index (χ4n) is 4.14. The summed E-state index contributed by atoms with van der Waals surface area (Å²) in [6.45, 7) is 1.50. The van der Waals surface area contributed by atoms with Gasteiger partial charge in [-0.05, 0) is 30.0 Å². The number of hydrogen-bond donors (Lipinski definition) is 0. The molecule has 1 unspecified atom stereocenters. The summed E-state index contributed by atoms with van der Waals surface area (Å²) in [5.74, 6) is 0. The highest BCUT2D eigenvalue weighted by atomic mass is 35.5. The monoisotopic (exact) mass is 397 g/mol. The molecule has 0 N–H and O–H groups in total. The molecule has 2 aliphatic heterocycles. The van der Waals surface area contributed by atoms with Gasteiger partial charge in [-0.25, -0.2) is 4.79 Å². The minimum Gasteiger partial charge on any atom is -0.270 e. The van der Waals surface area contributed by atoms with Crippen LogP contribution in [0.2, 0.25) is 10.0 Å². The highest BCUT2D eigenvalue weighted by molar-refractivity contribution is 6.36. The molecule has 0 aromatic heterocycles. The van der Waals surface area contributed by atoms with Crippen LogP contribution in [-0.4, -0.2) is 29.1 Å². The number of benzene rings is 3. The van der Waals surface area contributed by atoms with Crippen molar-refractivity contribution in [3.63, 3.8) is 0 Å². The number of rotatable bonds is 2. The average Bonchev–Trinajstić information content (AvgIpc) is 3.25. The molecule has 2 aliphatic rings. The molecule has 2 heterocycles. The summed E-state index contributed by atoms with van der Waals surface area (Å²) in [7, 11) is 0. The van der Waals surface area contributed by atoms with Crippen LogP contribution in [0, 0.1) is 0 Å². The predicted molar refractivity (Wildman–Crippen MR) is 109 cm³/mol. The number of hydrogen-bond acceptors (Lipinski definition) is 2. The summed E-state index contributed by atoms with van der Waals surface area (Å²) in [4.78, 5) is 15.2. The Labute approximate surface area is 167 Å². The van der Waals surface area contributed by atoms with Gasteiger partial charge in [0.05, 0.1) is 5.69 Å². The highest BCUT2D eigenvalue weighted by Crippen LogP contribution is 2.46. The van der Waals surface area contributed by atoms with E-state index in [1.54, 1.807) is 0 Å². The van der Waals surface area contributed by atoms with Crippen LogP contribution in [-0.2, 0) is 0 Å². The van der Waals surface area contributed by atoms with Crippen molar-refractivity contribution < 1.29 is 4.79 Å². The van der Waals surface area contributed by atoms with Crippen LogP contribution in [0.1, 0.15) is 18.2 Å². The summed E-state index contributed by atoms with van der Waals surface area (Å²) in [6, 6.07) is 19.6. The van der Waals surface area contributed by atoms with E-state index in [-0.39, 0.29) is 12.2 Å². The predicted octanol–water partition coefficient (Wildman–Crippen LogP) is 5.71. The minimum atomic E-state index is -0.355. The first-order valence-electron chi connectivity index (χ1n) is 8.96. The minimum absolute atomic E-state index is 0.0372. The Hall–Kier alpha value is -2.27. The Morgan fingerprint density at radius 3 is 2.37 bits per heavy atom. The van der Waals surface area contributed by atoms with Gasteiger partial charge in [0.1, 0.15) is 6.17 Å². The van der Waals surface area contributed by atoms with Gasteiger partial charge in [0.2, 0.25) is 0 Å². The van der Waals surface area contributed by atoms with Crippen LogP contribution in [0.3, 0.4) is 0 Å². The number of urea groups is 1. The number of hydrazine groups is 1. The Balaban J connectivity index is 1.75. The van der Waals surface area contributed by atoms with E-state index < -0.39 is 0 Å². The largest absolute Gasteiger partial charge is 0.340 e. The molecule has 0 saturated carbocycles. The smallest absolute Gasteiger partial charge is 0.270 e. The molecule has 6 heteroatoms. The van der Waals surface area contributed by atoms with Crippen LogP contribution in [0.5, 0.6) is 0 Å². The van der Waals surface area contributed by atoms with E-state index in [1.807, 2.05) is 58.4 Å². The maximum atomic E-state index is 13.4. The van der Waals surface area contributed by atoms with Gasteiger partial charge < -0.3 is 0 Å². The summed E-state index contributed by atoms with van der Waals surface area (Å²) in [5, 5.41) is 7.15. The van der Waals surface area contributed by atoms with E-state index in [4.69, 9.17) is 23.2 Å². The number of carbonyl (C=O) groups excluding carboxylic acids is 1. The SMILES string of the molecule is O=C1N(c2cccc3ccccc23)C(c2c(Cl)cccc2Cl)N2CCCN12. The zero-order chi connectivity index (χ0) is 18.5. The lowest BCUT2D eigenvalue weighted by Gasteiger charge is -2.30. The maximum absolute atomic E-state index is 13.4. The Morgan fingerprint density at radius 2 is 1.56 bits per heavy atom. The summed E-state index contributed by atoms with van der Waals surface area (Å²) >= 11 is 13.1. The van der Waals surface area contributed by atoms with Crippen LogP contribution < -0.4 is 4.90 Å². The first kappa shape index (κ1) is 16.9. The summed E-state index contributed by atoms with van der Waals surface area (Å²) in [6.07, 6.45) is 0.584. The molecule has 0 radical (unpaired) electrons. The number of fused-ring (bicyclic) bond motifs is 2. The number of carbonyl (C=O) groups is 1. The third-order valence-corrected chi connectivity index (χ3v) is 5.96. The molecular weight excluding hydrogens is 381 g/mol. The second kappa shape index (κ2) is 6.41. The van der Waals surface area contributed by atoms with Crippen molar-refractivity contribution in [2.24, 2.45) is 0 Å². The molecule has 0 aliphatic carbocycles. The molecule has 5 rings (SSSR count). The van der Waals surface area contributed by atoms with Gasteiger partial charge in [-0.1, -0.05) is 65.7 Å². The van der Waals surface area contributed by atoms with Crippen molar-refractivity contribution in [3.05, 3.63) is 76.3 Å². The van der Waals surface area contributed by atoms with Gasteiger partial charge in [-0.2, -0.15) is 5.01 Å². The zero-order valence-electron chi connectivity index (χ0n) is 14.5. The van der Waals surface area contributed by atoms with Crippen LogP contribution >= 0.6 is 23.2 Å². The normalized spacial score (nSPS) is 19.9. The molecule has 2 amide bonds. The highest BCUT2D eigenvalue weighted by Gasteiger charge is 2.49. The van der Waals surface area contributed by atoms with Crippen LogP contribution in [0.4, 0.5) is 10.5 Å². The van der Waals surface area contributed by atoms with Crippen molar-refractivity contribution in [2.75, 3.05) is 18.0 Å². The van der Waals surface area contributed by atoms with Gasteiger partial charge in [0.15, 0.2) is 0 Å². The molecular formula is C21H17Cl2N3O. The van der Waals surface area contributed by atoms with Gasteiger partial charge in [0, 0.05) is 34.1 Å². The lowest BCUT2D eigenvalue weighted by Crippen LogP contribution is -2.32. The van der Waals surface area contributed by atoms with E-state index in [1.165, 1.54) is 0 Å². The molecule has 2 saturated heterocycles. The van der Waals surface area contributed by atoms with E-state index >= 15 is 0 Å². The maximum Gasteiger partial charge on any atom is 0.340 e. The van der Waals surface area contributed by atoms with E-state index in [2.05, 4.69) is 17.1 Å². The van der Waals surface area contributed by atoms with Crippen LogP contribution in [0.15, 0.2) is 60.7 Å². The van der Waals surface area contributed by atoms with E-state index in [0.29, 0.717) is 16.6 Å². The number of nitrogens with zero attached hydrogens (tertiary/aromatic N) is 3. The van der Waals surface area contributed by atoms with Gasteiger partial charge in [-0.3, -0.25) is 9.91 Å². The quantitative estimate of drug-likeness (QED) is 0.553. The third kappa shape index (κ3) is 2.52. The van der Waals surface area contributed by atoms with E-state index in [9.17, 15) is 4.79 Å². The molecule has 4 nitrogen and oxygen atoms in total. The fraction of sp³-hybridized carbons (Fsp3) is 0.190. The second-order valence-electron chi connectivity index (χ2n) is 6.80. The number of amides is 2. The third-order valence-electron chi connectivity index (χ3n) is 5.31.